The smallest absolute Gasteiger partial charge is 0.234 e. The van der Waals surface area contributed by atoms with E-state index in [0.29, 0.717) is 18.3 Å². The molecule has 1 aliphatic rings. The van der Waals surface area contributed by atoms with E-state index in [1.165, 1.54) is 0 Å². The molecular formula is C16H29N3O2. The van der Waals surface area contributed by atoms with Gasteiger partial charge in [0, 0.05) is 13.2 Å². The molecule has 0 aromatic carbocycles. The summed E-state index contributed by atoms with van der Waals surface area (Å²) in [5.74, 6) is 1.94. The van der Waals surface area contributed by atoms with Crippen LogP contribution in [0.2, 0.25) is 0 Å². The van der Waals surface area contributed by atoms with Gasteiger partial charge in [-0.15, -0.1) is 0 Å². The summed E-state index contributed by atoms with van der Waals surface area (Å²) < 4.78 is 11.7. The molecule has 1 aromatic rings. The van der Waals surface area contributed by atoms with Crippen molar-refractivity contribution >= 4 is 0 Å². The van der Waals surface area contributed by atoms with Crippen LogP contribution in [0.5, 0.6) is 0 Å². The molecule has 1 unspecified atom stereocenters. The number of ether oxygens (including phenoxy) is 1. The Balaban J connectivity index is 2.36. The lowest BCUT2D eigenvalue weighted by atomic mass is 9.76. The van der Waals surface area contributed by atoms with Crippen molar-refractivity contribution in [3.63, 3.8) is 0 Å². The summed E-state index contributed by atoms with van der Waals surface area (Å²) >= 11 is 0. The van der Waals surface area contributed by atoms with E-state index in [0.717, 1.165) is 38.2 Å². The van der Waals surface area contributed by atoms with Crippen molar-refractivity contribution in [2.24, 2.45) is 5.92 Å². The second-order valence-corrected chi connectivity index (χ2v) is 6.30. The van der Waals surface area contributed by atoms with E-state index in [1.54, 1.807) is 0 Å². The summed E-state index contributed by atoms with van der Waals surface area (Å²) in [6, 6.07) is 0. The molecule has 0 radical (unpaired) electrons. The van der Waals surface area contributed by atoms with Crippen LogP contribution in [-0.4, -0.2) is 29.8 Å². The molecule has 0 spiro atoms. The molecule has 120 valence electrons. The minimum atomic E-state index is -0.416. The number of hydrogen-bond acceptors (Lipinski definition) is 5. The third-order valence-electron chi connectivity index (χ3n) is 5.12. The lowest BCUT2D eigenvalue weighted by Gasteiger charge is -2.29. The minimum Gasteiger partial charge on any atom is -0.367 e. The average Bonchev–Trinajstić information content (AvgIpc) is 3.14. The Labute approximate surface area is 127 Å². The molecule has 0 aliphatic carbocycles. The van der Waals surface area contributed by atoms with Gasteiger partial charge in [-0.05, 0) is 38.6 Å². The standard InChI is InChI=1S/C16H29N3O2/c1-6-16(7-2,20-8-3)13-18-14(21-19-13)15(12(4)5)9-10-17-11-15/h12,17H,6-11H2,1-5H3. The van der Waals surface area contributed by atoms with E-state index >= 15 is 0 Å². The van der Waals surface area contributed by atoms with Crippen LogP contribution in [0, 0.1) is 5.92 Å². The zero-order valence-electron chi connectivity index (χ0n) is 14.0. The van der Waals surface area contributed by atoms with E-state index < -0.39 is 5.60 Å². The number of rotatable bonds is 7. The van der Waals surface area contributed by atoms with Gasteiger partial charge in [0.2, 0.25) is 11.7 Å². The molecule has 1 N–H and O–H groups in total. The highest BCUT2D eigenvalue weighted by Gasteiger charge is 2.45. The second kappa shape index (κ2) is 6.44. The average molecular weight is 295 g/mol. The molecule has 1 saturated heterocycles. The van der Waals surface area contributed by atoms with Crippen LogP contribution in [-0.2, 0) is 15.8 Å². The van der Waals surface area contributed by atoms with E-state index in [1.807, 2.05) is 6.92 Å². The van der Waals surface area contributed by atoms with Gasteiger partial charge in [-0.2, -0.15) is 4.98 Å². The van der Waals surface area contributed by atoms with Crippen molar-refractivity contribution < 1.29 is 9.26 Å². The summed E-state index contributed by atoms with van der Waals surface area (Å²) in [6.07, 6.45) is 2.75. The Morgan fingerprint density at radius 3 is 2.52 bits per heavy atom. The van der Waals surface area contributed by atoms with Crippen LogP contribution < -0.4 is 5.32 Å². The van der Waals surface area contributed by atoms with Gasteiger partial charge < -0.3 is 14.6 Å². The fraction of sp³-hybridized carbons (Fsp3) is 0.875. The minimum absolute atomic E-state index is 0.0370. The maximum atomic E-state index is 5.98. The first kappa shape index (κ1) is 16.4. The largest absolute Gasteiger partial charge is 0.367 e. The van der Waals surface area contributed by atoms with E-state index in [4.69, 9.17) is 14.2 Å². The van der Waals surface area contributed by atoms with Gasteiger partial charge in [0.25, 0.3) is 0 Å². The molecule has 5 nitrogen and oxygen atoms in total. The van der Waals surface area contributed by atoms with Crippen molar-refractivity contribution in [1.82, 2.24) is 15.5 Å². The van der Waals surface area contributed by atoms with E-state index in [9.17, 15) is 0 Å². The monoisotopic (exact) mass is 295 g/mol. The quantitative estimate of drug-likeness (QED) is 0.838. The van der Waals surface area contributed by atoms with Crippen molar-refractivity contribution in [2.75, 3.05) is 19.7 Å². The van der Waals surface area contributed by atoms with E-state index in [2.05, 4.69) is 38.2 Å². The lowest BCUT2D eigenvalue weighted by Crippen LogP contribution is -2.35. The highest BCUT2D eigenvalue weighted by Crippen LogP contribution is 2.39. The number of nitrogens with one attached hydrogen (secondary N) is 1. The number of hydrogen-bond donors (Lipinski definition) is 1. The molecular weight excluding hydrogens is 266 g/mol. The molecule has 21 heavy (non-hydrogen) atoms. The summed E-state index contributed by atoms with van der Waals surface area (Å²) in [5, 5.41) is 7.72. The van der Waals surface area contributed by atoms with Crippen molar-refractivity contribution in [1.29, 1.82) is 0 Å². The number of aromatic nitrogens is 2. The summed E-state index contributed by atoms with van der Waals surface area (Å²) in [5.41, 5.74) is -0.453. The number of nitrogens with zero attached hydrogens (tertiary/aromatic N) is 2. The molecule has 1 atom stereocenters. The van der Waals surface area contributed by atoms with Crippen LogP contribution in [0.15, 0.2) is 4.52 Å². The van der Waals surface area contributed by atoms with Gasteiger partial charge in [0.15, 0.2) is 0 Å². The van der Waals surface area contributed by atoms with Gasteiger partial charge in [-0.3, -0.25) is 0 Å². The maximum absolute atomic E-state index is 5.98. The van der Waals surface area contributed by atoms with Crippen molar-refractivity contribution in [2.45, 2.75) is 64.9 Å². The Morgan fingerprint density at radius 1 is 1.33 bits per heavy atom. The highest BCUT2D eigenvalue weighted by atomic mass is 16.5. The van der Waals surface area contributed by atoms with Crippen molar-refractivity contribution in [3.05, 3.63) is 11.7 Å². The van der Waals surface area contributed by atoms with E-state index in [-0.39, 0.29) is 5.41 Å². The van der Waals surface area contributed by atoms with Crippen LogP contribution in [0.3, 0.4) is 0 Å². The fourth-order valence-electron chi connectivity index (χ4n) is 3.36. The third-order valence-corrected chi connectivity index (χ3v) is 5.12. The Hall–Kier alpha value is -0.940. The Bertz CT molecular complexity index is 446. The summed E-state index contributed by atoms with van der Waals surface area (Å²) in [4.78, 5) is 4.78. The molecule has 0 saturated carbocycles. The van der Waals surface area contributed by atoms with Crippen LogP contribution in [0.1, 0.15) is 65.6 Å². The predicted molar refractivity (Wildman–Crippen MR) is 82.2 cm³/mol. The molecule has 5 heteroatoms. The topological polar surface area (TPSA) is 60.2 Å². The zero-order valence-corrected chi connectivity index (χ0v) is 14.0. The zero-order chi connectivity index (χ0) is 15.5. The lowest BCUT2D eigenvalue weighted by molar-refractivity contribution is -0.0583. The normalized spacial score (nSPS) is 23.1. The van der Waals surface area contributed by atoms with Crippen LogP contribution >= 0.6 is 0 Å². The Kier molecular flexibility index (Phi) is 5.04. The second-order valence-electron chi connectivity index (χ2n) is 6.30. The van der Waals surface area contributed by atoms with Gasteiger partial charge in [0.1, 0.15) is 5.60 Å². The molecule has 2 rings (SSSR count). The third kappa shape index (κ3) is 2.73. The predicted octanol–water partition coefficient (Wildman–Crippen LogP) is 3.01. The highest BCUT2D eigenvalue weighted by molar-refractivity contribution is 5.14. The van der Waals surface area contributed by atoms with Gasteiger partial charge in [-0.25, -0.2) is 0 Å². The molecule has 0 bridgehead atoms. The summed E-state index contributed by atoms with van der Waals surface area (Å²) in [6.45, 7) is 13.3. The van der Waals surface area contributed by atoms with Crippen LogP contribution in [0.4, 0.5) is 0 Å². The van der Waals surface area contributed by atoms with Gasteiger partial charge >= 0.3 is 0 Å². The molecule has 2 heterocycles. The maximum Gasteiger partial charge on any atom is 0.234 e. The first-order valence-corrected chi connectivity index (χ1v) is 8.24. The Morgan fingerprint density at radius 2 is 2.05 bits per heavy atom. The molecule has 0 amide bonds. The molecule has 1 aliphatic heterocycles. The molecule has 1 fully saturated rings. The van der Waals surface area contributed by atoms with Crippen LogP contribution in [0.25, 0.3) is 0 Å². The SMILES string of the molecule is CCOC(CC)(CC)c1noc(C2(C(C)C)CCNC2)n1. The van der Waals surface area contributed by atoms with Gasteiger partial charge in [0.05, 0.1) is 5.41 Å². The fourth-order valence-corrected chi connectivity index (χ4v) is 3.36. The van der Waals surface area contributed by atoms with Crippen molar-refractivity contribution in [3.8, 4) is 0 Å². The van der Waals surface area contributed by atoms with Gasteiger partial charge in [-0.1, -0.05) is 32.9 Å². The first-order valence-electron chi connectivity index (χ1n) is 8.24. The first-order chi connectivity index (χ1) is 10.0. The molecule has 1 aromatic heterocycles. The summed E-state index contributed by atoms with van der Waals surface area (Å²) in [7, 11) is 0.